The van der Waals surface area contributed by atoms with Gasteiger partial charge >= 0.3 is 0 Å². The highest BCUT2D eigenvalue weighted by Gasteiger charge is 2.23. The number of hydrogen-bond donors (Lipinski definition) is 2. The number of hydrogen-bond acceptors (Lipinski definition) is 8. The number of ether oxygens (including phenoxy) is 1. The maximum atomic E-state index is 15.1. The minimum atomic E-state index is -3.93. The Morgan fingerprint density at radius 2 is 1.74 bits per heavy atom. The van der Waals surface area contributed by atoms with Crippen LogP contribution in [0.25, 0.3) is 22.3 Å². The average molecular weight is 597 g/mol. The monoisotopic (exact) mass is 596 g/mol. The number of aromatic nitrogens is 3. The van der Waals surface area contributed by atoms with Gasteiger partial charge in [0.1, 0.15) is 17.2 Å². The number of nitrogens with zero attached hydrogens (tertiary/aromatic N) is 4. The summed E-state index contributed by atoms with van der Waals surface area (Å²) in [7, 11) is 1.88. The molecule has 0 amide bonds. The van der Waals surface area contributed by atoms with Crippen molar-refractivity contribution >= 4 is 32.7 Å². The minimum absolute atomic E-state index is 0.197. The van der Waals surface area contributed by atoms with E-state index in [9.17, 15) is 12.8 Å². The van der Waals surface area contributed by atoms with E-state index in [1.54, 1.807) is 25.4 Å². The van der Waals surface area contributed by atoms with Gasteiger partial charge < -0.3 is 15.0 Å². The molecule has 0 saturated heterocycles. The van der Waals surface area contributed by atoms with Crippen LogP contribution < -0.4 is 10.0 Å². The zero-order valence-corrected chi connectivity index (χ0v) is 24.6. The molecule has 0 radical (unpaired) electrons. The molecule has 5 rings (SSSR count). The highest BCUT2D eigenvalue weighted by Crippen LogP contribution is 2.29. The maximum absolute atomic E-state index is 15.1. The van der Waals surface area contributed by atoms with E-state index in [0.717, 1.165) is 31.2 Å². The summed E-state index contributed by atoms with van der Waals surface area (Å²) in [6.45, 7) is 0.264. The zero-order valence-electron chi connectivity index (χ0n) is 23.8. The summed E-state index contributed by atoms with van der Waals surface area (Å²) in [4.78, 5) is 16.2. The molecule has 2 heterocycles. The van der Waals surface area contributed by atoms with Crippen molar-refractivity contribution in [2.45, 2.75) is 50.1 Å². The predicted octanol–water partition coefficient (Wildman–Crippen LogP) is 5.34. The summed E-state index contributed by atoms with van der Waals surface area (Å²) in [5.41, 5.74) is 3.05. The molecule has 0 spiro atoms. The number of pyridine rings is 1. The fraction of sp³-hybridized carbons (Fsp3) is 0.367. The molecule has 1 fully saturated rings. The summed E-state index contributed by atoms with van der Waals surface area (Å²) < 4.78 is 61.1. The predicted molar refractivity (Wildman–Crippen MR) is 159 cm³/mol. The van der Waals surface area contributed by atoms with Crippen LogP contribution in [-0.2, 0) is 27.1 Å². The number of fused-ring (bicyclic) bond motifs is 1. The van der Waals surface area contributed by atoms with Gasteiger partial charge in [-0.3, -0.25) is 4.72 Å². The van der Waals surface area contributed by atoms with Crippen molar-refractivity contribution in [1.82, 2.24) is 19.9 Å². The fourth-order valence-corrected chi connectivity index (χ4v) is 6.46. The topological polar surface area (TPSA) is 109 Å². The lowest BCUT2D eigenvalue weighted by atomic mass is 9.91. The van der Waals surface area contributed by atoms with Gasteiger partial charge in [0.05, 0.1) is 35.5 Å². The smallest absolute Gasteiger partial charge is 0.237 e. The number of rotatable bonds is 10. The molecule has 1 saturated carbocycles. The van der Waals surface area contributed by atoms with Crippen LogP contribution in [-0.4, -0.2) is 61.6 Å². The molecular formula is C30H34F2N6O3S. The van der Waals surface area contributed by atoms with Gasteiger partial charge in [0, 0.05) is 30.3 Å². The van der Waals surface area contributed by atoms with Crippen molar-refractivity contribution in [2.75, 3.05) is 31.2 Å². The Kier molecular flexibility index (Phi) is 8.95. The fourth-order valence-electron chi connectivity index (χ4n) is 5.25. The van der Waals surface area contributed by atoms with Crippen LogP contribution in [0.15, 0.2) is 54.7 Å². The van der Waals surface area contributed by atoms with E-state index in [1.807, 2.05) is 0 Å². The Morgan fingerprint density at radius 3 is 2.40 bits per heavy atom. The van der Waals surface area contributed by atoms with E-state index in [-0.39, 0.29) is 12.3 Å². The van der Waals surface area contributed by atoms with Gasteiger partial charge in [0.2, 0.25) is 16.0 Å². The minimum Gasteiger partial charge on any atom is -0.380 e. The van der Waals surface area contributed by atoms with Crippen LogP contribution in [0.4, 0.5) is 20.4 Å². The van der Waals surface area contributed by atoms with Gasteiger partial charge in [0.25, 0.3) is 0 Å². The number of sulfonamides is 1. The lowest BCUT2D eigenvalue weighted by molar-refractivity contribution is 0.186. The molecule has 9 nitrogen and oxygen atoms in total. The Labute approximate surface area is 244 Å². The average Bonchev–Trinajstić information content (AvgIpc) is 2.95. The summed E-state index contributed by atoms with van der Waals surface area (Å²) in [5.74, 6) is -1.12. The largest absolute Gasteiger partial charge is 0.380 e. The van der Waals surface area contributed by atoms with Crippen molar-refractivity contribution in [2.24, 2.45) is 0 Å². The van der Waals surface area contributed by atoms with Crippen molar-refractivity contribution in [1.29, 1.82) is 0 Å². The number of methoxy groups -OCH3 is 1. The first-order valence-electron chi connectivity index (χ1n) is 13.7. The van der Waals surface area contributed by atoms with Crippen LogP contribution in [0, 0.1) is 11.6 Å². The molecule has 4 aromatic rings. The third-order valence-corrected chi connectivity index (χ3v) is 8.73. The lowest BCUT2D eigenvalue weighted by Crippen LogP contribution is -2.36. The first-order valence-corrected chi connectivity index (χ1v) is 15.4. The van der Waals surface area contributed by atoms with Crippen LogP contribution in [0.5, 0.6) is 0 Å². The number of anilines is 2. The van der Waals surface area contributed by atoms with E-state index < -0.39 is 27.4 Å². The highest BCUT2D eigenvalue weighted by molar-refractivity contribution is 7.91. The van der Waals surface area contributed by atoms with Crippen LogP contribution >= 0.6 is 0 Å². The van der Waals surface area contributed by atoms with E-state index in [4.69, 9.17) is 9.72 Å². The normalized spacial score (nSPS) is 17.5. The van der Waals surface area contributed by atoms with Crippen molar-refractivity contribution in [3.8, 4) is 11.3 Å². The molecule has 1 aliphatic rings. The zero-order chi connectivity index (χ0) is 29.9. The second kappa shape index (κ2) is 12.6. The summed E-state index contributed by atoms with van der Waals surface area (Å²) in [6.07, 6.45) is 5.95. The molecule has 12 heteroatoms. The molecule has 42 heavy (non-hydrogen) atoms. The SMILES string of the molecule is COCc1cc(-c2ccc(NS(=O)(=O)Cc3ccc(F)cc3)c(F)c2)nc2cnc(N[C@H]3CC[C@H](N(C)C)CC3)nc12. The van der Waals surface area contributed by atoms with Gasteiger partial charge in [-0.05, 0) is 75.7 Å². The first-order chi connectivity index (χ1) is 20.1. The molecule has 0 unspecified atom stereocenters. The van der Waals surface area contributed by atoms with Crippen molar-refractivity contribution < 1.29 is 21.9 Å². The van der Waals surface area contributed by atoms with E-state index in [0.29, 0.717) is 45.9 Å². The molecule has 1 aliphatic carbocycles. The third kappa shape index (κ3) is 7.18. The summed E-state index contributed by atoms with van der Waals surface area (Å²) >= 11 is 0. The number of halogens is 2. The van der Waals surface area contributed by atoms with E-state index in [2.05, 4.69) is 39.0 Å². The summed E-state index contributed by atoms with van der Waals surface area (Å²) in [6, 6.07) is 11.9. The second-order valence-electron chi connectivity index (χ2n) is 10.8. The van der Waals surface area contributed by atoms with Crippen LogP contribution in [0.1, 0.15) is 36.8 Å². The molecule has 0 bridgehead atoms. The standard InChI is InChI=1S/C30H34F2N6O3S/c1-38(2)24-11-9-23(10-12-24)34-30-33-16-28-29(36-30)21(17-41-3)15-27(35-28)20-6-13-26(25(32)14-20)37-42(39,40)18-19-4-7-22(31)8-5-19/h4-8,13-16,23-24,37H,9-12,17-18H2,1-3H3,(H,33,34,36)/t23-,24-. The van der Waals surface area contributed by atoms with Gasteiger partial charge in [-0.25, -0.2) is 32.2 Å². The van der Waals surface area contributed by atoms with Crippen molar-refractivity contribution in [3.05, 3.63) is 77.5 Å². The molecule has 2 N–H and O–H groups in total. The molecule has 2 aromatic heterocycles. The van der Waals surface area contributed by atoms with Gasteiger partial charge in [-0.1, -0.05) is 18.2 Å². The first kappa shape index (κ1) is 29.7. The van der Waals surface area contributed by atoms with E-state index >= 15 is 4.39 Å². The third-order valence-electron chi connectivity index (χ3n) is 7.49. The Balaban J connectivity index is 1.35. The Bertz CT molecular complexity index is 1660. The Morgan fingerprint density at radius 1 is 1.00 bits per heavy atom. The number of benzene rings is 2. The van der Waals surface area contributed by atoms with Crippen LogP contribution in [0.3, 0.4) is 0 Å². The quantitative estimate of drug-likeness (QED) is 0.253. The summed E-state index contributed by atoms with van der Waals surface area (Å²) in [5, 5.41) is 3.47. The highest BCUT2D eigenvalue weighted by atomic mass is 32.2. The Hall–Kier alpha value is -3.74. The number of nitrogens with one attached hydrogen (secondary N) is 2. The molecule has 0 aliphatic heterocycles. The van der Waals surface area contributed by atoms with E-state index in [1.165, 1.54) is 36.4 Å². The molecule has 0 atom stereocenters. The molecule has 2 aromatic carbocycles. The van der Waals surface area contributed by atoms with Crippen LogP contribution in [0.2, 0.25) is 0 Å². The van der Waals surface area contributed by atoms with Crippen molar-refractivity contribution in [3.63, 3.8) is 0 Å². The van der Waals surface area contributed by atoms with Gasteiger partial charge in [-0.15, -0.1) is 0 Å². The second-order valence-corrected chi connectivity index (χ2v) is 12.5. The maximum Gasteiger partial charge on any atom is 0.237 e. The molecule has 222 valence electrons. The lowest BCUT2D eigenvalue weighted by Gasteiger charge is -2.32. The van der Waals surface area contributed by atoms with Gasteiger partial charge in [0.15, 0.2) is 0 Å². The molecular weight excluding hydrogens is 562 g/mol. The van der Waals surface area contributed by atoms with Gasteiger partial charge in [-0.2, -0.15) is 0 Å².